The number of halogens is 2. The van der Waals surface area contributed by atoms with E-state index in [9.17, 15) is 8.78 Å². The van der Waals surface area contributed by atoms with Crippen LogP contribution in [0.25, 0.3) is 0 Å². The van der Waals surface area contributed by atoms with Crippen molar-refractivity contribution in [3.8, 4) is 0 Å². The Bertz CT molecular complexity index is 379. The normalized spacial score (nSPS) is 20.1. The molecule has 0 atom stereocenters. The van der Waals surface area contributed by atoms with Crippen LogP contribution in [0, 0.1) is 0 Å². The standard InChI is InChI=1S/C13H18F2N2/c14-13(15)6-3-8-17(9-7-13)12-5-2-1-4-11(12)10-16/h1-2,4-5H,3,6-10,16H2. The van der Waals surface area contributed by atoms with Gasteiger partial charge in [-0.2, -0.15) is 0 Å². The van der Waals surface area contributed by atoms with Crippen LogP contribution >= 0.6 is 0 Å². The second-order valence-electron chi connectivity index (χ2n) is 4.53. The van der Waals surface area contributed by atoms with E-state index in [0.29, 0.717) is 26.1 Å². The van der Waals surface area contributed by atoms with E-state index >= 15 is 0 Å². The largest absolute Gasteiger partial charge is 0.371 e. The monoisotopic (exact) mass is 240 g/mol. The van der Waals surface area contributed by atoms with Gasteiger partial charge in [0.25, 0.3) is 0 Å². The van der Waals surface area contributed by atoms with E-state index in [1.807, 2.05) is 29.2 Å². The minimum Gasteiger partial charge on any atom is -0.371 e. The number of nitrogens with two attached hydrogens (primary N) is 1. The summed E-state index contributed by atoms with van der Waals surface area (Å²) in [5, 5.41) is 0. The average molecular weight is 240 g/mol. The van der Waals surface area contributed by atoms with Crippen molar-refractivity contribution in [2.45, 2.75) is 31.7 Å². The maximum absolute atomic E-state index is 13.3. The molecule has 0 amide bonds. The predicted molar refractivity (Wildman–Crippen MR) is 65.3 cm³/mol. The molecule has 17 heavy (non-hydrogen) atoms. The number of hydrogen-bond donors (Lipinski definition) is 1. The van der Waals surface area contributed by atoms with Crippen LogP contribution in [0.1, 0.15) is 24.8 Å². The first-order valence-electron chi connectivity index (χ1n) is 6.03. The highest BCUT2D eigenvalue weighted by atomic mass is 19.3. The van der Waals surface area contributed by atoms with Crippen LogP contribution in [-0.2, 0) is 6.54 Å². The molecular formula is C13H18F2N2. The Morgan fingerprint density at radius 1 is 1.18 bits per heavy atom. The molecule has 2 rings (SSSR count). The fraction of sp³-hybridized carbons (Fsp3) is 0.538. The van der Waals surface area contributed by atoms with E-state index in [2.05, 4.69) is 0 Å². The van der Waals surface area contributed by atoms with Crippen molar-refractivity contribution in [3.63, 3.8) is 0 Å². The summed E-state index contributed by atoms with van der Waals surface area (Å²) in [5.41, 5.74) is 7.71. The molecule has 1 aromatic rings. The number of benzene rings is 1. The van der Waals surface area contributed by atoms with Gasteiger partial charge in [-0.25, -0.2) is 8.78 Å². The summed E-state index contributed by atoms with van der Waals surface area (Å²) in [6, 6.07) is 7.78. The minimum absolute atomic E-state index is 0.00566. The van der Waals surface area contributed by atoms with Crippen LogP contribution in [0.3, 0.4) is 0 Å². The molecular weight excluding hydrogens is 222 g/mol. The quantitative estimate of drug-likeness (QED) is 0.861. The lowest BCUT2D eigenvalue weighted by Crippen LogP contribution is -2.27. The van der Waals surface area contributed by atoms with Gasteiger partial charge in [0.2, 0.25) is 5.92 Å². The predicted octanol–water partition coefficient (Wildman–Crippen LogP) is 2.77. The van der Waals surface area contributed by atoms with Crippen molar-refractivity contribution in [3.05, 3.63) is 29.8 Å². The van der Waals surface area contributed by atoms with E-state index in [4.69, 9.17) is 5.73 Å². The van der Waals surface area contributed by atoms with Gasteiger partial charge in [-0.1, -0.05) is 18.2 Å². The van der Waals surface area contributed by atoms with Crippen LogP contribution in [-0.4, -0.2) is 19.0 Å². The summed E-state index contributed by atoms with van der Waals surface area (Å²) < 4.78 is 26.6. The van der Waals surface area contributed by atoms with Crippen molar-refractivity contribution < 1.29 is 8.78 Å². The van der Waals surface area contributed by atoms with Crippen molar-refractivity contribution in [2.24, 2.45) is 5.73 Å². The molecule has 1 aliphatic rings. The lowest BCUT2D eigenvalue weighted by atomic mass is 10.1. The smallest absolute Gasteiger partial charge is 0.249 e. The van der Waals surface area contributed by atoms with Crippen LogP contribution in [0.5, 0.6) is 0 Å². The van der Waals surface area contributed by atoms with Crippen LogP contribution in [0.4, 0.5) is 14.5 Å². The van der Waals surface area contributed by atoms with Crippen molar-refractivity contribution in [1.29, 1.82) is 0 Å². The number of nitrogens with zero attached hydrogens (tertiary/aromatic N) is 1. The van der Waals surface area contributed by atoms with Gasteiger partial charge in [0.1, 0.15) is 0 Å². The molecule has 1 saturated heterocycles. The van der Waals surface area contributed by atoms with E-state index in [-0.39, 0.29) is 12.8 Å². The minimum atomic E-state index is -2.51. The molecule has 94 valence electrons. The summed E-state index contributed by atoms with van der Waals surface area (Å²) >= 11 is 0. The van der Waals surface area contributed by atoms with Gasteiger partial charge in [0.05, 0.1) is 0 Å². The highest BCUT2D eigenvalue weighted by Crippen LogP contribution is 2.30. The fourth-order valence-corrected chi connectivity index (χ4v) is 2.30. The summed E-state index contributed by atoms with van der Waals surface area (Å²) in [4.78, 5) is 2.03. The maximum atomic E-state index is 13.3. The molecule has 1 heterocycles. The number of rotatable bonds is 2. The average Bonchev–Trinajstić information content (AvgIpc) is 2.50. The highest BCUT2D eigenvalue weighted by molar-refractivity contribution is 5.53. The number of hydrogen-bond acceptors (Lipinski definition) is 2. The molecule has 0 saturated carbocycles. The third kappa shape index (κ3) is 2.94. The van der Waals surface area contributed by atoms with Crippen molar-refractivity contribution >= 4 is 5.69 Å². The van der Waals surface area contributed by atoms with Gasteiger partial charge in [0.15, 0.2) is 0 Å². The van der Waals surface area contributed by atoms with Gasteiger partial charge < -0.3 is 10.6 Å². The number of para-hydroxylation sites is 1. The second kappa shape index (κ2) is 5.00. The number of anilines is 1. The third-order valence-corrected chi connectivity index (χ3v) is 3.27. The lowest BCUT2D eigenvalue weighted by Gasteiger charge is -2.25. The first-order chi connectivity index (χ1) is 8.12. The zero-order valence-corrected chi connectivity index (χ0v) is 9.83. The zero-order valence-electron chi connectivity index (χ0n) is 9.83. The lowest BCUT2D eigenvalue weighted by molar-refractivity contribution is -0.0102. The van der Waals surface area contributed by atoms with Gasteiger partial charge in [-0.3, -0.25) is 0 Å². The van der Waals surface area contributed by atoms with E-state index < -0.39 is 5.92 Å². The molecule has 2 nitrogen and oxygen atoms in total. The summed E-state index contributed by atoms with van der Waals surface area (Å²) in [7, 11) is 0. The van der Waals surface area contributed by atoms with Gasteiger partial charge in [0, 0.05) is 38.2 Å². The van der Waals surface area contributed by atoms with Crippen LogP contribution in [0.15, 0.2) is 24.3 Å². The molecule has 0 aliphatic carbocycles. The van der Waals surface area contributed by atoms with Gasteiger partial charge >= 0.3 is 0 Å². The number of alkyl halides is 2. The molecule has 0 unspecified atom stereocenters. The van der Waals surface area contributed by atoms with E-state index in [0.717, 1.165) is 11.3 Å². The molecule has 0 radical (unpaired) electrons. The Kier molecular flexibility index (Phi) is 3.62. The summed E-state index contributed by atoms with van der Waals surface area (Å²) in [5.74, 6) is -2.51. The Morgan fingerprint density at radius 3 is 2.71 bits per heavy atom. The summed E-state index contributed by atoms with van der Waals surface area (Å²) in [6.45, 7) is 1.54. The topological polar surface area (TPSA) is 29.3 Å². The molecule has 0 spiro atoms. The van der Waals surface area contributed by atoms with E-state index in [1.165, 1.54) is 0 Å². The first kappa shape index (κ1) is 12.3. The highest BCUT2D eigenvalue weighted by Gasteiger charge is 2.31. The van der Waals surface area contributed by atoms with Crippen LogP contribution in [0.2, 0.25) is 0 Å². The summed E-state index contributed by atoms with van der Waals surface area (Å²) in [6.07, 6.45) is 0.464. The van der Waals surface area contributed by atoms with Gasteiger partial charge in [-0.15, -0.1) is 0 Å². The molecule has 4 heteroatoms. The van der Waals surface area contributed by atoms with Gasteiger partial charge in [-0.05, 0) is 18.1 Å². The van der Waals surface area contributed by atoms with E-state index in [1.54, 1.807) is 0 Å². The molecule has 2 N–H and O–H groups in total. The molecule has 1 aliphatic heterocycles. The fourth-order valence-electron chi connectivity index (χ4n) is 2.30. The Labute approximate surface area is 100 Å². The second-order valence-corrected chi connectivity index (χ2v) is 4.53. The Morgan fingerprint density at radius 2 is 1.94 bits per heavy atom. The first-order valence-corrected chi connectivity index (χ1v) is 6.03. The molecule has 0 aromatic heterocycles. The molecule has 1 fully saturated rings. The molecule has 1 aromatic carbocycles. The maximum Gasteiger partial charge on any atom is 0.249 e. The molecule has 0 bridgehead atoms. The third-order valence-electron chi connectivity index (χ3n) is 3.27. The van der Waals surface area contributed by atoms with Crippen molar-refractivity contribution in [1.82, 2.24) is 0 Å². The Balaban J connectivity index is 2.17. The zero-order chi connectivity index (χ0) is 12.3. The SMILES string of the molecule is NCc1ccccc1N1CCCC(F)(F)CC1. The van der Waals surface area contributed by atoms with Crippen molar-refractivity contribution in [2.75, 3.05) is 18.0 Å². The Hall–Kier alpha value is -1.16. The van der Waals surface area contributed by atoms with Crippen LogP contribution < -0.4 is 10.6 Å².